The molecule has 1 saturated heterocycles. The predicted molar refractivity (Wildman–Crippen MR) is 100 cm³/mol. The number of nitrogens with zero attached hydrogens (tertiary/aromatic N) is 4. The van der Waals surface area contributed by atoms with Crippen molar-refractivity contribution in [1.82, 2.24) is 19.7 Å². The Morgan fingerprint density at radius 3 is 2.92 bits per heavy atom. The Morgan fingerprint density at radius 1 is 1.19 bits per heavy atom. The van der Waals surface area contributed by atoms with Crippen molar-refractivity contribution in [2.75, 3.05) is 13.1 Å². The van der Waals surface area contributed by atoms with Gasteiger partial charge in [0.2, 0.25) is 5.88 Å². The van der Waals surface area contributed by atoms with Gasteiger partial charge in [0.1, 0.15) is 6.10 Å². The molecule has 7 heteroatoms. The standard InChI is InChI=1S/C19H17BrN4O2/c20-17-6-2-8-21-18(17)26-16-7-11-23(13-16)19(25)14-4-1-5-15(12-14)24-10-3-9-22-24/h1-6,8-10,12,16H,7,11,13H2. The molecule has 132 valence electrons. The first kappa shape index (κ1) is 16.8. The van der Waals surface area contributed by atoms with E-state index in [9.17, 15) is 4.79 Å². The fourth-order valence-corrected chi connectivity index (χ4v) is 3.36. The van der Waals surface area contributed by atoms with Crippen molar-refractivity contribution in [2.24, 2.45) is 0 Å². The topological polar surface area (TPSA) is 60.2 Å². The molecule has 1 atom stereocenters. The van der Waals surface area contributed by atoms with Crippen molar-refractivity contribution in [3.05, 3.63) is 71.1 Å². The Bertz CT molecular complexity index is 913. The van der Waals surface area contributed by atoms with E-state index < -0.39 is 0 Å². The number of likely N-dealkylation sites (tertiary alicyclic amines) is 1. The second kappa shape index (κ2) is 7.29. The molecule has 6 nitrogen and oxygen atoms in total. The van der Waals surface area contributed by atoms with E-state index in [0.717, 1.165) is 16.6 Å². The minimum atomic E-state index is -0.0561. The Labute approximate surface area is 159 Å². The number of carbonyl (C=O) groups is 1. The molecule has 0 aliphatic carbocycles. The molecule has 26 heavy (non-hydrogen) atoms. The van der Waals surface area contributed by atoms with Gasteiger partial charge in [0, 0.05) is 37.1 Å². The third-order valence-electron chi connectivity index (χ3n) is 4.30. The van der Waals surface area contributed by atoms with Crippen LogP contribution >= 0.6 is 15.9 Å². The van der Waals surface area contributed by atoms with E-state index in [-0.39, 0.29) is 12.0 Å². The van der Waals surface area contributed by atoms with Crippen molar-refractivity contribution >= 4 is 21.8 Å². The fraction of sp³-hybridized carbons (Fsp3) is 0.211. The maximum absolute atomic E-state index is 12.8. The molecular weight excluding hydrogens is 396 g/mol. The highest BCUT2D eigenvalue weighted by atomic mass is 79.9. The lowest BCUT2D eigenvalue weighted by atomic mass is 10.2. The molecule has 1 aromatic carbocycles. The van der Waals surface area contributed by atoms with E-state index in [1.807, 2.05) is 53.6 Å². The molecule has 4 rings (SSSR count). The highest BCUT2D eigenvalue weighted by Gasteiger charge is 2.29. The molecule has 1 unspecified atom stereocenters. The van der Waals surface area contributed by atoms with Gasteiger partial charge in [-0.15, -0.1) is 0 Å². The van der Waals surface area contributed by atoms with Gasteiger partial charge in [0.25, 0.3) is 5.91 Å². The van der Waals surface area contributed by atoms with Gasteiger partial charge in [-0.1, -0.05) is 6.07 Å². The van der Waals surface area contributed by atoms with Crippen LogP contribution in [0.25, 0.3) is 5.69 Å². The Hall–Kier alpha value is -2.67. The number of benzene rings is 1. The number of aromatic nitrogens is 3. The van der Waals surface area contributed by atoms with Gasteiger partial charge in [-0.25, -0.2) is 9.67 Å². The molecule has 3 aromatic rings. The Balaban J connectivity index is 1.45. The molecule has 1 amide bonds. The van der Waals surface area contributed by atoms with Crippen molar-refractivity contribution in [1.29, 1.82) is 0 Å². The second-order valence-electron chi connectivity index (χ2n) is 6.07. The van der Waals surface area contributed by atoms with Crippen LogP contribution in [0.4, 0.5) is 0 Å². The number of amides is 1. The first-order valence-electron chi connectivity index (χ1n) is 8.37. The number of pyridine rings is 1. The molecule has 1 fully saturated rings. The minimum absolute atomic E-state index is 0.00481. The average molecular weight is 413 g/mol. The SMILES string of the molecule is O=C(c1cccc(-n2cccn2)c1)N1CCC(Oc2ncccc2Br)C1. The summed E-state index contributed by atoms with van der Waals surface area (Å²) in [7, 11) is 0. The Kier molecular flexibility index (Phi) is 4.71. The number of rotatable bonds is 4. The number of hydrogen-bond donors (Lipinski definition) is 0. The zero-order valence-electron chi connectivity index (χ0n) is 14.0. The lowest BCUT2D eigenvalue weighted by Crippen LogP contribution is -2.31. The molecule has 0 saturated carbocycles. The summed E-state index contributed by atoms with van der Waals surface area (Å²) >= 11 is 3.43. The van der Waals surface area contributed by atoms with Crippen molar-refractivity contribution in [2.45, 2.75) is 12.5 Å². The van der Waals surface area contributed by atoms with E-state index >= 15 is 0 Å². The summed E-state index contributed by atoms with van der Waals surface area (Å²) in [4.78, 5) is 18.9. The van der Waals surface area contributed by atoms with Gasteiger partial charge in [0.15, 0.2) is 0 Å². The van der Waals surface area contributed by atoms with Crippen LogP contribution in [0.5, 0.6) is 5.88 Å². The summed E-state index contributed by atoms with van der Waals surface area (Å²) in [5.41, 5.74) is 1.52. The van der Waals surface area contributed by atoms with Crippen LogP contribution in [0.1, 0.15) is 16.8 Å². The predicted octanol–water partition coefficient (Wildman–Crippen LogP) is 3.32. The van der Waals surface area contributed by atoms with E-state index in [4.69, 9.17) is 4.74 Å². The first-order chi connectivity index (χ1) is 12.7. The largest absolute Gasteiger partial charge is 0.472 e. The normalized spacial score (nSPS) is 16.7. The summed E-state index contributed by atoms with van der Waals surface area (Å²) in [5, 5.41) is 4.21. The summed E-state index contributed by atoms with van der Waals surface area (Å²) in [5.74, 6) is 0.567. The summed E-state index contributed by atoms with van der Waals surface area (Å²) in [6, 6.07) is 13.1. The monoisotopic (exact) mass is 412 g/mol. The van der Waals surface area contributed by atoms with Gasteiger partial charge in [-0.05, 0) is 52.3 Å². The zero-order valence-corrected chi connectivity index (χ0v) is 15.5. The van der Waals surface area contributed by atoms with E-state index in [2.05, 4.69) is 26.0 Å². The first-order valence-corrected chi connectivity index (χ1v) is 9.16. The molecule has 0 spiro atoms. The van der Waals surface area contributed by atoms with Gasteiger partial charge in [-0.2, -0.15) is 5.10 Å². The lowest BCUT2D eigenvalue weighted by molar-refractivity contribution is 0.0771. The summed E-state index contributed by atoms with van der Waals surface area (Å²) < 4.78 is 8.50. The molecule has 1 aliphatic rings. The van der Waals surface area contributed by atoms with Crippen molar-refractivity contribution in [3.63, 3.8) is 0 Å². The van der Waals surface area contributed by atoms with Crippen molar-refractivity contribution in [3.8, 4) is 11.6 Å². The minimum Gasteiger partial charge on any atom is -0.472 e. The quantitative estimate of drug-likeness (QED) is 0.659. The van der Waals surface area contributed by atoms with Gasteiger partial charge in [-0.3, -0.25) is 4.79 Å². The molecule has 0 bridgehead atoms. The summed E-state index contributed by atoms with van der Waals surface area (Å²) in [6.45, 7) is 1.22. The molecule has 1 aliphatic heterocycles. The number of hydrogen-bond acceptors (Lipinski definition) is 4. The van der Waals surface area contributed by atoms with Crippen LogP contribution in [0, 0.1) is 0 Å². The van der Waals surface area contributed by atoms with Crippen LogP contribution in [-0.4, -0.2) is 44.8 Å². The number of carbonyl (C=O) groups excluding carboxylic acids is 1. The highest BCUT2D eigenvalue weighted by molar-refractivity contribution is 9.10. The van der Waals surface area contributed by atoms with Crippen LogP contribution in [-0.2, 0) is 0 Å². The smallest absolute Gasteiger partial charge is 0.254 e. The van der Waals surface area contributed by atoms with Gasteiger partial charge in [0.05, 0.1) is 16.7 Å². The third kappa shape index (κ3) is 3.48. The van der Waals surface area contributed by atoms with Crippen LogP contribution in [0.2, 0.25) is 0 Å². The van der Waals surface area contributed by atoms with E-state index in [1.165, 1.54) is 0 Å². The lowest BCUT2D eigenvalue weighted by Gasteiger charge is -2.17. The summed E-state index contributed by atoms with van der Waals surface area (Å²) in [6.07, 6.45) is 5.99. The number of ether oxygens (including phenoxy) is 1. The van der Waals surface area contributed by atoms with Crippen molar-refractivity contribution < 1.29 is 9.53 Å². The zero-order chi connectivity index (χ0) is 17.9. The average Bonchev–Trinajstić information content (AvgIpc) is 3.35. The fourth-order valence-electron chi connectivity index (χ4n) is 3.01. The van der Waals surface area contributed by atoms with Crippen LogP contribution in [0.3, 0.4) is 0 Å². The maximum Gasteiger partial charge on any atom is 0.254 e. The van der Waals surface area contributed by atoms with Crippen LogP contribution < -0.4 is 4.74 Å². The second-order valence-corrected chi connectivity index (χ2v) is 6.93. The molecule has 2 aromatic heterocycles. The molecule has 0 N–H and O–H groups in total. The van der Waals surface area contributed by atoms with E-state index in [1.54, 1.807) is 17.1 Å². The number of halogens is 1. The van der Waals surface area contributed by atoms with Crippen LogP contribution in [0.15, 0.2) is 65.5 Å². The van der Waals surface area contributed by atoms with E-state index in [0.29, 0.717) is 24.5 Å². The molecule has 0 radical (unpaired) electrons. The molecule has 3 heterocycles. The van der Waals surface area contributed by atoms with Gasteiger partial charge < -0.3 is 9.64 Å². The Morgan fingerprint density at radius 2 is 2.12 bits per heavy atom. The highest BCUT2D eigenvalue weighted by Crippen LogP contribution is 2.25. The third-order valence-corrected chi connectivity index (χ3v) is 4.90. The molecular formula is C19H17BrN4O2. The maximum atomic E-state index is 12.8. The van der Waals surface area contributed by atoms with Gasteiger partial charge >= 0.3 is 0 Å².